The van der Waals surface area contributed by atoms with Gasteiger partial charge in [-0.25, -0.2) is 4.79 Å². The average molecular weight is 250 g/mol. The lowest BCUT2D eigenvalue weighted by Gasteiger charge is -2.06. The molecule has 0 aliphatic carbocycles. The van der Waals surface area contributed by atoms with Crippen LogP contribution in [-0.4, -0.2) is 19.2 Å². The van der Waals surface area contributed by atoms with Crippen LogP contribution in [0.5, 0.6) is 5.75 Å². The zero-order chi connectivity index (χ0) is 13.2. The number of rotatable bonds is 8. The van der Waals surface area contributed by atoms with Gasteiger partial charge in [-0.2, -0.15) is 0 Å². The zero-order valence-corrected chi connectivity index (χ0v) is 11.3. The molecule has 0 amide bonds. The minimum atomic E-state index is -0.285. The first-order valence-electron chi connectivity index (χ1n) is 6.68. The minimum Gasteiger partial charge on any atom is -0.494 e. The van der Waals surface area contributed by atoms with Crippen LogP contribution in [0.25, 0.3) is 0 Å². The molecule has 0 radical (unpaired) electrons. The standard InChI is InChI=1S/C15H22O3/c1-3-5-6-7-12-18-14-10-8-13(9-11-14)15(16)17-4-2/h8-11H,3-7,12H2,1-2H3. The fourth-order valence-corrected chi connectivity index (χ4v) is 1.62. The minimum absolute atomic E-state index is 0.285. The van der Waals surface area contributed by atoms with Crippen LogP contribution >= 0.6 is 0 Å². The SMILES string of the molecule is CCCCCCOc1ccc(C(=O)OCC)cc1. The van der Waals surface area contributed by atoms with Gasteiger partial charge in [0.2, 0.25) is 0 Å². The molecule has 0 fully saturated rings. The molecule has 1 aromatic rings. The quantitative estimate of drug-likeness (QED) is 0.519. The van der Waals surface area contributed by atoms with E-state index in [0.717, 1.165) is 18.8 Å². The molecule has 1 rings (SSSR count). The summed E-state index contributed by atoms with van der Waals surface area (Å²) in [6, 6.07) is 7.09. The summed E-state index contributed by atoms with van der Waals surface area (Å²) in [5.41, 5.74) is 0.565. The number of carbonyl (C=O) groups is 1. The van der Waals surface area contributed by atoms with Crippen LogP contribution < -0.4 is 4.74 Å². The van der Waals surface area contributed by atoms with E-state index in [-0.39, 0.29) is 5.97 Å². The maximum Gasteiger partial charge on any atom is 0.338 e. The monoisotopic (exact) mass is 250 g/mol. The van der Waals surface area contributed by atoms with E-state index >= 15 is 0 Å². The van der Waals surface area contributed by atoms with Crippen LogP contribution in [0.2, 0.25) is 0 Å². The fraction of sp³-hybridized carbons (Fsp3) is 0.533. The predicted octanol–water partition coefficient (Wildman–Crippen LogP) is 3.82. The summed E-state index contributed by atoms with van der Waals surface area (Å²) < 4.78 is 10.5. The molecule has 0 heterocycles. The molecule has 3 nitrogen and oxygen atoms in total. The van der Waals surface area contributed by atoms with E-state index in [4.69, 9.17) is 9.47 Å². The Morgan fingerprint density at radius 1 is 1.06 bits per heavy atom. The van der Waals surface area contributed by atoms with Crippen LogP contribution in [0, 0.1) is 0 Å². The summed E-state index contributed by atoms with van der Waals surface area (Å²) in [5, 5.41) is 0. The highest BCUT2D eigenvalue weighted by Crippen LogP contribution is 2.13. The molecular formula is C15H22O3. The van der Waals surface area contributed by atoms with Gasteiger partial charge in [-0.1, -0.05) is 26.2 Å². The van der Waals surface area contributed by atoms with Gasteiger partial charge >= 0.3 is 5.97 Å². The van der Waals surface area contributed by atoms with Crippen molar-refractivity contribution in [3.05, 3.63) is 29.8 Å². The van der Waals surface area contributed by atoms with Crippen molar-refractivity contribution in [3.63, 3.8) is 0 Å². The van der Waals surface area contributed by atoms with Crippen molar-refractivity contribution < 1.29 is 14.3 Å². The lowest BCUT2D eigenvalue weighted by atomic mass is 10.2. The molecule has 0 unspecified atom stereocenters. The number of ether oxygens (including phenoxy) is 2. The Morgan fingerprint density at radius 2 is 1.78 bits per heavy atom. The third kappa shape index (κ3) is 5.21. The Morgan fingerprint density at radius 3 is 2.39 bits per heavy atom. The second-order valence-corrected chi connectivity index (χ2v) is 4.15. The van der Waals surface area contributed by atoms with E-state index in [2.05, 4.69) is 6.92 Å². The molecule has 3 heteroatoms. The van der Waals surface area contributed by atoms with Gasteiger partial charge in [0.15, 0.2) is 0 Å². The van der Waals surface area contributed by atoms with Gasteiger partial charge in [-0.05, 0) is 37.6 Å². The molecule has 0 saturated carbocycles. The number of benzene rings is 1. The first-order valence-corrected chi connectivity index (χ1v) is 6.68. The van der Waals surface area contributed by atoms with Crippen molar-refractivity contribution in [2.75, 3.05) is 13.2 Å². The normalized spacial score (nSPS) is 10.1. The lowest BCUT2D eigenvalue weighted by Crippen LogP contribution is -2.04. The number of esters is 1. The molecule has 18 heavy (non-hydrogen) atoms. The molecule has 0 aromatic heterocycles. The van der Waals surface area contributed by atoms with Gasteiger partial charge in [0.25, 0.3) is 0 Å². The Kier molecular flexibility index (Phi) is 6.92. The molecular weight excluding hydrogens is 228 g/mol. The van der Waals surface area contributed by atoms with E-state index in [0.29, 0.717) is 12.2 Å². The molecule has 0 aliphatic heterocycles. The molecule has 0 spiro atoms. The summed E-state index contributed by atoms with van der Waals surface area (Å²) in [6.07, 6.45) is 4.77. The average Bonchev–Trinajstić information content (AvgIpc) is 2.39. The largest absolute Gasteiger partial charge is 0.494 e. The predicted molar refractivity (Wildman–Crippen MR) is 72.0 cm³/mol. The van der Waals surface area contributed by atoms with Gasteiger partial charge in [-0.3, -0.25) is 0 Å². The molecule has 0 atom stereocenters. The van der Waals surface area contributed by atoms with Crippen molar-refractivity contribution in [1.82, 2.24) is 0 Å². The molecule has 100 valence electrons. The third-order valence-corrected chi connectivity index (χ3v) is 2.63. The molecule has 0 saturated heterocycles. The van der Waals surface area contributed by atoms with Crippen molar-refractivity contribution in [2.45, 2.75) is 39.5 Å². The van der Waals surface area contributed by atoms with E-state index < -0.39 is 0 Å². The third-order valence-electron chi connectivity index (χ3n) is 2.63. The van der Waals surface area contributed by atoms with Crippen molar-refractivity contribution in [3.8, 4) is 5.75 Å². The Bertz CT molecular complexity index is 343. The first-order chi connectivity index (χ1) is 8.77. The van der Waals surface area contributed by atoms with E-state index in [1.54, 1.807) is 19.1 Å². The second kappa shape index (κ2) is 8.56. The number of hydrogen-bond acceptors (Lipinski definition) is 3. The van der Waals surface area contributed by atoms with Crippen LogP contribution in [0.15, 0.2) is 24.3 Å². The summed E-state index contributed by atoms with van der Waals surface area (Å²) >= 11 is 0. The summed E-state index contributed by atoms with van der Waals surface area (Å²) in [7, 11) is 0. The molecule has 0 bridgehead atoms. The van der Waals surface area contributed by atoms with Gasteiger partial charge < -0.3 is 9.47 Å². The number of unbranched alkanes of at least 4 members (excludes halogenated alkanes) is 3. The van der Waals surface area contributed by atoms with Crippen LogP contribution in [-0.2, 0) is 4.74 Å². The first kappa shape index (κ1) is 14.6. The van der Waals surface area contributed by atoms with Gasteiger partial charge in [-0.15, -0.1) is 0 Å². The van der Waals surface area contributed by atoms with Crippen LogP contribution in [0.4, 0.5) is 0 Å². The highest BCUT2D eigenvalue weighted by Gasteiger charge is 2.05. The van der Waals surface area contributed by atoms with E-state index in [1.807, 2.05) is 12.1 Å². The van der Waals surface area contributed by atoms with Gasteiger partial charge in [0, 0.05) is 0 Å². The van der Waals surface area contributed by atoms with Crippen LogP contribution in [0.1, 0.15) is 49.9 Å². The molecule has 1 aromatic carbocycles. The lowest BCUT2D eigenvalue weighted by molar-refractivity contribution is 0.0526. The number of hydrogen-bond donors (Lipinski definition) is 0. The maximum absolute atomic E-state index is 11.4. The fourth-order valence-electron chi connectivity index (χ4n) is 1.62. The highest BCUT2D eigenvalue weighted by atomic mass is 16.5. The van der Waals surface area contributed by atoms with E-state index in [9.17, 15) is 4.79 Å². The van der Waals surface area contributed by atoms with E-state index in [1.165, 1.54) is 19.3 Å². The number of carbonyl (C=O) groups excluding carboxylic acids is 1. The second-order valence-electron chi connectivity index (χ2n) is 4.15. The molecule has 0 aliphatic rings. The van der Waals surface area contributed by atoms with Crippen LogP contribution in [0.3, 0.4) is 0 Å². The summed E-state index contributed by atoms with van der Waals surface area (Å²) in [5.74, 6) is 0.520. The van der Waals surface area contributed by atoms with Gasteiger partial charge in [0.1, 0.15) is 5.75 Å². The van der Waals surface area contributed by atoms with Gasteiger partial charge in [0.05, 0.1) is 18.8 Å². The maximum atomic E-state index is 11.4. The highest BCUT2D eigenvalue weighted by molar-refractivity contribution is 5.89. The Balaban J connectivity index is 2.33. The van der Waals surface area contributed by atoms with Crippen molar-refractivity contribution >= 4 is 5.97 Å². The Labute approximate surface area is 109 Å². The topological polar surface area (TPSA) is 35.5 Å². The summed E-state index contributed by atoms with van der Waals surface area (Å²) in [6.45, 7) is 5.12. The zero-order valence-electron chi connectivity index (χ0n) is 11.3. The van der Waals surface area contributed by atoms with Crippen molar-refractivity contribution in [1.29, 1.82) is 0 Å². The smallest absolute Gasteiger partial charge is 0.338 e. The summed E-state index contributed by atoms with van der Waals surface area (Å²) in [4.78, 5) is 11.4. The Hall–Kier alpha value is -1.51. The molecule has 0 N–H and O–H groups in total. The van der Waals surface area contributed by atoms with Crippen molar-refractivity contribution in [2.24, 2.45) is 0 Å².